The predicted octanol–water partition coefficient (Wildman–Crippen LogP) is 0.316. The average molecular weight is 198 g/mol. The van der Waals surface area contributed by atoms with Gasteiger partial charge in [-0.15, -0.1) is 0 Å². The average Bonchev–Trinajstić information content (AvgIpc) is 2.52. The van der Waals surface area contributed by atoms with E-state index >= 15 is 0 Å². The van der Waals surface area contributed by atoms with E-state index in [1.165, 1.54) is 0 Å². The van der Waals surface area contributed by atoms with Gasteiger partial charge in [0.05, 0.1) is 0 Å². The molecule has 0 saturated carbocycles. The van der Waals surface area contributed by atoms with Crippen LogP contribution >= 0.6 is 0 Å². The SMILES string of the molecule is CCNC(=O)CCNc1nc(C)no1. The second-order valence-corrected chi connectivity index (χ2v) is 2.78. The Balaban J connectivity index is 2.18. The van der Waals surface area contributed by atoms with Gasteiger partial charge in [-0.2, -0.15) is 4.98 Å². The minimum absolute atomic E-state index is 0.0104. The van der Waals surface area contributed by atoms with Crippen LogP contribution in [0.2, 0.25) is 0 Å². The van der Waals surface area contributed by atoms with E-state index in [0.717, 1.165) is 0 Å². The molecule has 0 aliphatic rings. The van der Waals surface area contributed by atoms with E-state index in [2.05, 4.69) is 20.8 Å². The fraction of sp³-hybridized carbons (Fsp3) is 0.625. The first-order valence-corrected chi connectivity index (χ1v) is 4.53. The summed E-state index contributed by atoms with van der Waals surface area (Å²) in [6.07, 6.45) is 0.398. The van der Waals surface area contributed by atoms with Gasteiger partial charge in [0.2, 0.25) is 5.91 Å². The Morgan fingerprint density at radius 2 is 2.36 bits per heavy atom. The zero-order valence-corrected chi connectivity index (χ0v) is 8.33. The van der Waals surface area contributed by atoms with Crippen molar-refractivity contribution in [2.45, 2.75) is 20.3 Å². The quantitative estimate of drug-likeness (QED) is 0.712. The Hall–Kier alpha value is -1.59. The summed E-state index contributed by atoms with van der Waals surface area (Å²) < 4.78 is 4.80. The minimum Gasteiger partial charge on any atom is -0.356 e. The first-order chi connectivity index (χ1) is 6.72. The van der Waals surface area contributed by atoms with E-state index in [1.807, 2.05) is 6.92 Å². The predicted molar refractivity (Wildman–Crippen MR) is 50.8 cm³/mol. The van der Waals surface area contributed by atoms with Crippen molar-refractivity contribution in [1.82, 2.24) is 15.5 Å². The second kappa shape index (κ2) is 5.21. The number of nitrogens with zero attached hydrogens (tertiary/aromatic N) is 2. The molecule has 78 valence electrons. The lowest BCUT2D eigenvalue weighted by Crippen LogP contribution is -2.24. The highest BCUT2D eigenvalue weighted by Crippen LogP contribution is 2.01. The number of carbonyl (C=O) groups is 1. The number of hydrogen-bond acceptors (Lipinski definition) is 5. The summed E-state index contributed by atoms with van der Waals surface area (Å²) >= 11 is 0. The third-order valence-electron chi connectivity index (χ3n) is 1.53. The lowest BCUT2D eigenvalue weighted by atomic mass is 10.4. The van der Waals surface area contributed by atoms with Crippen molar-refractivity contribution in [3.63, 3.8) is 0 Å². The summed E-state index contributed by atoms with van der Waals surface area (Å²) in [5.41, 5.74) is 0. The van der Waals surface area contributed by atoms with Gasteiger partial charge in [-0.25, -0.2) is 0 Å². The molecule has 0 atom stereocenters. The first-order valence-electron chi connectivity index (χ1n) is 4.53. The molecule has 1 aromatic rings. The van der Waals surface area contributed by atoms with Crippen LogP contribution in [-0.2, 0) is 4.79 Å². The molecule has 1 amide bonds. The fourth-order valence-corrected chi connectivity index (χ4v) is 0.937. The van der Waals surface area contributed by atoms with Crippen molar-refractivity contribution in [3.05, 3.63) is 5.82 Å². The van der Waals surface area contributed by atoms with E-state index in [9.17, 15) is 4.79 Å². The Morgan fingerprint density at radius 3 is 2.93 bits per heavy atom. The number of carbonyl (C=O) groups excluding carboxylic acids is 1. The maximum atomic E-state index is 11.0. The van der Waals surface area contributed by atoms with E-state index in [-0.39, 0.29) is 5.91 Å². The third-order valence-corrected chi connectivity index (χ3v) is 1.53. The van der Waals surface area contributed by atoms with Crippen molar-refractivity contribution < 1.29 is 9.32 Å². The molecule has 1 heterocycles. The molecule has 14 heavy (non-hydrogen) atoms. The molecule has 1 rings (SSSR count). The zero-order valence-electron chi connectivity index (χ0n) is 8.33. The van der Waals surface area contributed by atoms with Crippen LogP contribution in [0.4, 0.5) is 6.01 Å². The topological polar surface area (TPSA) is 80.0 Å². The van der Waals surface area contributed by atoms with Gasteiger partial charge in [0.15, 0.2) is 5.82 Å². The van der Waals surface area contributed by atoms with Crippen LogP contribution in [0.5, 0.6) is 0 Å². The molecule has 0 aliphatic carbocycles. The minimum atomic E-state index is 0.0104. The zero-order chi connectivity index (χ0) is 10.4. The number of hydrogen-bond donors (Lipinski definition) is 2. The molecule has 0 radical (unpaired) electrons. The van der Waals surface area contributed by atoms with Gasteiger partial charge in [0.1, 0.15) is 0 Å². The monoisotopic (exact) mass is 198 g/mol. The number of aryl methyl sites for hydroxylation is 1. The molecule has 2 N–H and O–H groups in total. The number of anilines is 1. The van der Waals surface area contributed by atoms with Crippen molar-refractivity contribution in [3.8, 4) is 0 Å². The van der Waals surface area contributed by atoms with Crippen LogP contribution in [0.25, 0.3) is 0 Å². The highest BCUT2D eigenvalue weighted by Gasteiger charge is 2.02. The van der Waals surface area contributed by atoms with Gasteiger partial charge in [0, 0.05) is 19.5 Å². The fourth-order valence-electron chi connectivity index (χ4n) is 0.937. The van der Waals surface area contributed by atoms with Crippen LogP contribution in [0.15, 0.2) is 4.52 Å². The molecular weight excluding hydrogens is 184 g/mol. The number of amides is 1. The Labute approximate surface area is 82.1 Å². The highest BCUT2D eigenvalue weighted by atomic mass is 16.5. The second-order valence-electron chi connectivity index (χ2n) is 2.78. The van der Waals surface area contributed by atoms with E-state index < -0.39 is 0 Å². The van der Waals surface area contributed by atoms with Crippen LogP contribution < -0.4 is 10.6 Å². The molecule has 6 heteroatoms. The number of rotatable bonds is 5. The molecule has 0 aromatic carbocycles. The molecule has 1 aromatic heterocycles. The van der Waals surface area contributed by atoms with Gasteiger partial charge in [-0.3, -0.25) is 4.79 Å². The van der Waals surface area contributed by atoms with Crippen molar-refractivity contribution in [2.24, 2.45) is 0 Å². The summed E-state index contributed by atoms with van der Waals surface area (Å²) in [4.78, 5) is 15.0. The van der Waals surface area contributed by atoms with E-state index in [4.69, 9.17) is 4.52 Å². The van der Waals surface area contributed by atoms with Crippen molar-refractivity contribution in [1.29, 1.82) is 0 Å². The molecule has 0 spiro atoms. The maximum Gasteiger partial charge on any atom is 0.321 e. The standard InChI is InChI=1S/C8H14N4O2/c1-3-9-7(13)4-5-10-8-11-6(2)12-14-8/h3-5H2,1-2H3,(H,9,13)(H,10,11,12). The molecule has 0 aliphatic heterocycles. The van der Waals surface area contributed by atoms with Crippen LogP contribution in [0.1, 0.15) is 19.2 Å². The molecule has 0 bridgehead atoms. The van der Waals surface area contributed by atoms with Gasteiger partial charge in [0.25, 0.3) is 0 Å². The molecule has 0 saturated heterocycles. The van der Waals surface area contributed by atoms with Gasteiger partial charge >= 0.3 is 6.01 Å². The van der Waals surface area contributed by atoms with Crippen molar-refractivity contribution in [2.75, 3.05) is 18.4 Å². The first kappa shape index (κ1) is 10.5. The Kier molecular flexibility index (Phi) is 3.90. The molecule has 0 fully saturated rings. The highest BCUT2D eigenvalue weighted by molar-refractivity contribution is 5.76. The summed E-state index contributed by atoms with van der Waals surface area (Å²) in [7, 11) is 0. The molecular formula is C8H14N4O2. The van der Waals surface area contributed by atoms with E-state index in [1.54, 1.807) is 6.92 Å². The smallest absolute Gasteiger partial charge is 0.321 e. The Bertz CT molecular complexity index is 297. The lowest BCUT2D eigenvalue weighted by Gasteiger charge is -2.01. The summed E-state index contributed by atoms with van der Waals surface area (Å²) in [5, 5.41) is 9.15. The van der Waals surface area contributed by atoms with Gasteiger partial charge in [-0.1, -0.05) is 5.16 Å². The third kappa shape index (κ3) is 3.42. The normalized spacial score (nSPS) is 9.86. The van der Waals surface area contributed by atoms with Crippen LogP contribution in [0.3, 0.4) is 0 Å². The summed E-state index contributed by atoms with van der Waals surface area (Å²) in [5.74, 6) is 0.585. The van der Waals surface area contributed by atoms with Crippen molar-refractivity contribution >= 4 is 11.9 Å². The lowest BCUT2D eigenvalue weighted by molar-refractivity contribution is -0.120. The van der Waals surface area contributed by atoms with Crippen LogP contribution in [-0.4, -0.2) is 29.1 Å². The maximum absolute atomic E-state index is 11.0. The van der Waals surface area contributed by atoms with Gasteiger partial charge < -0.3 is 15.2 Å². The van der Waals surface area contributed by atoms with E-state index in [0.29, 0.717) is 31.3 Å². The Morgan fingerprint density at radius 1 is 1.57 bits per heavy atom. The number of nitrogens with one attached hydrogen (secondary N) is 2. The summed E-state index contributed by atoms with van der Waals surface area (Å²) in [6.45, 7) is 4.76. The number of aromatic nitrogens is 2. The largest absolute Gasteiger partial charge is 0.356 e. The molecule has 6 nitrogen and oxygen atoms in total. The van der Waals surface area contributed by atoms with Gasteiger partial charge in [-0.05, 0) is 13.8 Å². The summed E-state index contributed by atoms with van der Waals surface area (Å²) in [6, 6.07) is 0.354. The molecule has 0 unspecified atom stereocenters. The van der Waals surface area contributed by atoms with Crippen LogP contribution in [0, 0.1) is 6.92 Å².